The van der Waals surface area contributed by atoms with Crippen LogP contribution < -0.4 is 27.0 Å². The van der Waals surface area contributed by atoms with Crippen molar-refractivity contribution in [2.45, 2.75) is 80.6 Å². The molecule has 7 rings (SSSR count). The smallest absolute Gasteiger partial charge is 0.142 e. The van der Waals surface area contributed by atoms with Gasteiger partial charge >= 0.3 is 0 Å². The Bertz CT molecular complexity index is 1080. The molecule has 1 aliphatic carbocycles. The Morgan fingerprint density at radius 3 is 2.72 bits per heavy atom. The molecule has 7 atom stereocenters. The van der Waals surface area contributed by atoms with Crippen molar-refractivity contribution in [1.82, 2.24) is 20.4 Å². The summed E-state index contributed by atoms with van der Waals surface area (Å²) >= 11 is 0. The number of aliphatic imine (C=N–C) groups is 1. The summed E-state index contributed by atoms with van der Waals surface area (Å²) in [6, 6.07) is 7.05. The van der Waals surface area contributed by atoms with Crippen molar-refractivity contribution in [1.29, 1.82) is 0 Å². The van der Waals surface area contributed by atoms with Crippen LogP contribution in [0.4, 0.5) is 11.4 Å². The minimum Gasteiger partial charge on any atom is -0.387 e. The molecule has 0 radical (unpaired) electrons. The van der Waals surface area contributed by atoms with Crippen LogP contribution in [-0.2, 0) is 9.47 Å². The Labute approximate surface area is 229 Å². The van der Waals surface area contributed by atoms with E-state index < -0.39 is 24.5 Å². The van der Waals surface area contributed by atoms with E-state index >= 15 is 0 Å². The standard InChI is InChI=1S/C27H42N8O4/c1-34(9-20-23(36)24(37)27(39-20)35-13-31-22-25(28)29-12-30-26(22)35)17-6-14(7-17)2-5-21-32-18-4-3-15(8-19(18)33-21)16-10-38-11-16/h3-4,8,14,16-17,20-24,26-27,30-33,36-37H,2,5-7,9-13H2,1H3,(H2,28,29)/t14?,17?,20-,21?,22?,23-,24-,26?,27-/m1/s1. The Balaban J connectivity index is 0.854. The van der Waals surface area contributed by atoms with Gasteiger partial charge in [0.25, 0.3) is 0 Å². The fourth-order valence-corrected chi connectivity index (χ4v) is 7.01. The summed E-state index contributed by atoms with van der Waals surface area (Å²) in [6.07, 6.45) is 1.79. The number of amidine groups is 1. The number of benzene rings is 1. The first-order valence-electron chi connectivity index (χ1n) is 14.4. The number of aliphatic hydroxyl groups is 2. The summed E-state index contributed by atoms with van der Waals surface area (Å²) in [4.78, 5) is 8.54. The number of nitrogens with zero attached hydrogens (tertiary/aromatic N) is 3. The molecule has 8 N–H and O–H groups in total. The topological polar surface area (TPSA) is 152 Å². The molecule has 6 aliphatic rings. The van der Waals surface area contributed by atoms with E-state index in [1.54, 1.807) is 0 Å². The molecule has 1 aromatic carbocycles. The molecule has 12 nitrogen and oxygen atoms in total. The largest absolute Gasteiger partial charge is 0.387 e. The molecular weight excluding hydrogens is 500 g/mol. The number of rotatable bonds is 8. The lowest BCUT2D eigenvalue weighted by atomic mass is 9.76. The van der Waals surface area contributed by atoms with Gasteiger partial charge in [0.15, 0.2) is 0 Å². The minimum atomic E-state index is -0.978. The Morgan fingerprint density at radius 2 is 1.92 bits per heavy atom. The van der Waals surface area contributed by atoms with Gasteiger partial charge in [0.2, 0.25) is 0 Å². The molecule has 1 saturated carbocycles. The lowest BCUT2D eigenvalue weighted by Gasteiger charge is -2.42. The van der Waals surface area contributed by atoms with Crippen molar-refractivity contribution in [2.75, 3.05) is 50.8 Å². The van der Waals surface area contributed by atoms with Crippen LogP contribution in [0, 0.1) is 5.92 Å². The molecule has 5 heterocycles. The summed E-state index contributed by atoms with van der Waals surface area (Å²) in [5.41, 5.74) is 9.82. The molecule has 39 heavy (non-hydrogen) atoms. The van der Waals surface area contributed by atoms with E-state index in [1.165, 1.54) is 23.4 Å². The maximum absolute atomic E-state index is 10.8. The van der Waals surface area contributed by atoms with Crippen molar-refractivity contribution < 1.29 is 19.7 Å². The van der Waals surface area contributed by atoms with Gasteiger partial charge in [-0.2, -0.15) is 0 Å². The molecule has 0 spiro atoms. The van der Waals surface area contributed by atoms with E-state index in [2.05, 4.69) is 56.4 Å². The highest BCUT2D eigenvalue weighted by Crippen LogP contribution is 2.39. The lowest BCUT2D eigenvalue weighted by molar-refractivity contribution is -0.105. The molecule has 0 amide bonds. The Hall–Kier alpha value is -2.03. The van der Waals surface area contributed by atoms with Gasteiger partial charge in [0.1, 0.15) is 30.4 Å². The zero-order valence-corrected chi connectivity index (χ0v) is 22.5. The summed E-state index contributed by atoms with van der Waals surface area (Å²) in [6.45, 7) is 3.20. The number of likely N-dealkylation sites (N-methyl/N-ethyl adjacent to an activating group) is 1. The Kier molecular flexibility index (Phi) is 6.92. The van der Waals surface area contributed by atoms with E-state index in [0.29, 0.717) is 43.6 Å². The Morgan fingerprint density at radius 1 is 1.10 bits per heavy atom. The summed E-state index contributed by atoms with van der Waals surface area (Å²) < 4.78 is 11.6. The van der Waals surface area contributed by atoms with Gasteiger partial charge in [0.05, 0.1) is 56.3 Å². The number of nitrogens with one attached hydrogen (secondary N) is 4. The second-order valence-electron chi connectivity index (χ2n) is 12.2. The molecule has 5 aliphatic heterocycles. The van der Waals surface area contributed by atoms with Gasteiger partial charge in [-0.1, -0.05) is 6.07 Å². The van der Waals surface area contributed by atoms with Crippen LogP contribution in [0.3, 0.4) is 0 Å². The average molecular weight is 543 g/mol. The minimum absolute atomic E-state index is 0.116. The molecule has 4 fully saturated rings. The van der Waals surface area contributed by atoms with Crippen molar-refractivity contribution in [3.63, 3.8) is 0 Å². The molecule has 214 valence electrons. The maximum atomic E-state index is 10.8. The highest BCUT2D eigenvalue weighted by Gasteiger charge is 2.51. The number of hydrogen-bond acceptors (Lipinski definition) is 12. The van der Waals surface area contributed by atoms with Crippen LogP contribution in [0.2, 0.25) is 0 Å². The number of fused-ring (bicyclic) bond motifs is 2. The zero-order valence-electron chi connectivity index (χ0n) is 22.5. The molecule has 0 aromatic heterocycles. The van der Waals surface area contributed by atoms with E-state index in [1.807, 2.05) is 4.90 Å². The van der Waals surface area contributed by atoms with E-state index in [-0.39, 0.29) is 18.4 Å². The van der Waals surface area contributed by atoms with Crippen LogP contribution in [0.5, 0.6) is 0 Å². The third-order valence-corrected chi connectivity index (χ3v) is 9.69. The van der Waals surface area contributed by atoms with Crippen molar-refractivity contribution in [2.24, 2.45) is 16.6 Å². The van der Waals surface area contributed by atoms with E-state index in [9.17, 15) is 10.2 Å². The predicted molar refractivity (Wildman–Crippen MR) is 147 cm³/mol. The van der Waals surface area contributed by atoms with Gasteiger partial charge in [-0.05, 0) is 56.3 Å². The SMILES string of the molecule is CN(C[C@H]1O[C@@H](N2CNC3C(N)=NCNC32)[C@H](O)[C@@H]1O)C1CC(CCC2Nc3ccc(C4COC4)cc3N2)C1. The molecule has 3 unspecified atom stereocenters. The third-order valence-electron chi connectivity index (χ3n) is 9.69. The molecule has 3 saturated heterocycles. The first-order chi connectivity index (χ1) is 18.9. The van der Waals surface area contributed by atoms with Gasteiger partial charge < -0.3 is 41.0 Å². The second-order valence-corrected chi connectivity index (χ2v) is 12.2. The van der Waals surface area contributed by atoms with Gasteiger partial charge in [0, 0.05) is 18.5 Å². The van der Waals surface area contributed by atoms with Gasteiger partial charge in [-0.15, -0.1) is 0 Å². The van der Waals surface area contributed by atoms with Crippen molar-refractivity contribution >= 4 is 17.2 Å². The van der Waals surface area contributed by atoms with Crippen LogP contribution in [0.1, 0.15) is 37.2 Å². The monoisotopic (exact) mass is 542 g/mol. The van der Waals surface area contributed by atoms with E-state index in [4.69, 9.17) is 15.2 Å². The number of aliphatic hydroxyl groups excluding tert-OH is 2. The first kappa shape index (κ1) is 25.9. The molecular formula is C27H42N8O4. The fourth-order valence-electron chi connectivity index (χ4n) is 7.01. The molecule has 0 bridgehead atoms. The summed E-state index contributed by atoms with van der Waals surface area (Å²) in [5, 5.41) is 35.6. The van der Waals surface area contributed by atoms with E-state index in [0.717, 1.165) is 32.5 Å². The molecule has 12 heteroatoms. The number of hydrogen-bond donors (Lipinski definition) is 7. The summed E-state index contributed by atoms with van der Waals surface area (Å²) in [5.74, 6) is 1.80. The van der Waals surface area contributed by atoms with Crippen LogP contribution >= 0.6 is 0 Å². The molecule has 1 aromatic rings. The van der Waals surface area contributed by atoms with Gasteiger partial charge in [-0.3, -0.25) is 15.6 Å². The number of anilines is 2. The normalized spacial score (nSPS) is 39.9. The highest BCUT2D eigenvalue weighted by molar-refractivity contribution is 5.87. The van der Waals surface area contributed by atoms with Crippen molar-refractivity contribution in [3.8, 4) is 0 Å². The lowest BCUT2D eigenvalue weighted by Crippen LogP contribution is -2.59. The number of ether oxygens (including phenoxy) is 2. The van der Waals surface area contributed by atoms with Crippen molar-refractivity contribution in [3.05, 3.63) is 23.8 Å². The predicted octanol–water partition coefficient (Wildman–Crippen LogP) is -0.623. The fraction of sp³-hybridized carbons (Fsp3) is 0.741. The first-order valence-corrected chi connectivity index (χ1v) is 14.4. The third kappa shape index (κ3) is 4.80. The van der Waals surface area contributed by atoms with Crippen LogP contribution in [0.25, 0.3) is 0 Å². The van der Waals surface area contributed by atoms with Crippen LogP contribution in [0.15, 0.2) is 23.2 Å². The highest BCUT2D eigenvalue weighted by atomic mass is 16.6. The van der Waals surface area contributed by atoms with Gasteiger partial charge in [-0.25, -0.2) is 4.90 Å². The zero-order chi connectivity index (χ0) is 26.7. The quantitative estimate of drug-likeness (QED) is 0.225. The maximum Gasteiger partial charge on any atom is 0.142 e. The second kappa shape index (κ2) is 10.4. The number of nitrogens with two attached hydrogens (primary N) is 1. The summed E-state index contributed by atoms with van der Waals surface area (Å²) in [7, 11) is 2.10. The van der Waals surface area contributed by atoms with Crippen LogP contribution in [-0.4, -0.2) is 115 Å². The average Bonchev–Trinajstić information content (AvgIpc) is 3.54.